The van der Waals surface area contributed by atoms with Crippen LogP contribution in [0.3, 0.4) is 0 Å². The number of nitrogens with one attached hydrogen (secondary N) is 2. The number of aliphatic hydroxyl groups is 1. The highest BCUT2D eigenvalue weighted by Gasteiger charge is 2.16. The van der Waals surface area contributed by atoms with Crippen molar-refractivity contribution >= 4 is 17.7 Å². The Labute approximate surface area is 134 Å². The number of para-hydroxylation sites is 1. The zero-order chi connectivity index (χ0) is 16.5. The molecule has 0 saturated heterocycles. The standard InChI is InChI=1S/C17H18N2O4/c20-15(16(21)19-14-9-5-2-6-10-14)11-18-17(22)23-12-13-7-3-1-4-8-13/h1-10,15,20H,11-12H2,(H,18,22)(H,19,21). The number of anilines is 1. The highest BCUT2D eigenvalue weighted by Crippen LogP contribution is 2.05. The number of hydrogen-bond acceptors (Lipinski definition) is 4. The second kappa shape index (κ2) is 8.55. The van der Waals surface area contributed by atoms with Crippen molar-refractivity contribution in [3.05, 3.63) is 66.2 Å². The SMILES string of the molecule is O=C(NCC(O)C(=O)Nc1ccccc1)OCc1ccccc1. The fraction of sp³-hybridized carbons (Fsp3) is 0.176. The van der Waals surface area contributed by atoms with Crippen molar-refractivity contribution in [3.8, 4) is 0 Å². The van der Waals surface area contributed by atoms with Gasteiger partial charge in [0.1, 0.15) is 12.7 Å². The summed E-state index contributed by atoms with van der Waals surface area (Å²) in [6.45, 7) is -0.106. The lowest BCUT2D eigenvalue weighted by Gasteiger charge is -2.12. The third-order valence-electron chi connectivity index (χ3n) is 3.00. The molecule has 23 heavy (non-hydrogen) atoms. The van der Waals surface area contributed by atoms with Crippen LogP contribution in [-0.2, 0) is 16.1 Å². The van der Waals surface area contributed by atoms with Crippen LogP contribution >= 0.6 is 0 Å². The van der Waals surface area contributed by atoms with E-state index in [2.05, 4.69) is 10.6 Å². The molecular weight excluding hydrogens is 296 g/mol. The minimum atomic E-state index is -1.36. The molecule has 2 rings (SSSR count). The molecular formula is C17H18N2O4. The Kier molecular flexibility index (Phi) is 6.14. The lowest BCUT2D eigenvalue weighted by molar-refractivity contribution is -0.123. The molecule has 2 aromatic rings. The molecule has 120 valence electrons. The van der Waals surface area contributed by atoms with E-state index in [0.29, 0.717) is 5.69 Å². The number of benzene rings is 2. The first-order valence-corrected chi connectivity index (χ1v) is 7.13. The Morgan fingerprint density at radius 1 is 1.00 bits per heavy atom. The quantitative estimate of drug-likeness (QED) is 0.760. The van der Waals surface area contributed by atoms with E-state index >= 15 is 0 Å². The van der Waals surface area contributed by atoms with Crippen molar-refractivity contribution in [2.75, 3.05) is 11.9 Å². The lowest BCUT2D eigenvalue weighted by Crippen LogP contribution is -2.39. The van der Waals surface area contributed by atoms with Gasteiger partial charge in [-0.2, -0.15) is 0 Å². The topological polar surface area (TPSA) is 87.7 Å². The normalized spacial score (nSPS) is 11.3. The van der Waals surface area contributed by atoms with E-state index in [1.165, 1.54) is 0 Å². The molecule has 0 spiro atoms. The van der Waals surface area contributed by atoms with Gasteiger partial charge in [-0.05, 0) is 17.7 Å². The second-order valence-electron chi connectivity index (χ2n) is 4.81. The van der Waals surface area contributed by atoms with Crippen molar-refractivity contribution in [1.29, 1.82) is 0 Å². The van der Waals surface area contributed by atoms with Crippen LogP contribution in [0.1, 0.15) is 5.56 Å². The van der Waals surface area contributed by atoms with Crippen molar-refractivity contribution in [1.82, 2.24) is 5.32 Å². The van der Waals surface area contributed by atoms with Crippen molar-refractivity contribution < 1.29 is 19.4 Å². The maximum atomic E-state index is 11.8. The Balaban J connectivity index is 1.70. The van der Waals surface area contributed by atoms with Gasteiger partial charge in [0.25, 0.3) is 5.91 Å². The fourth-order valence-corrected chi connectivity index (χ4v) is 1.79. The molecule has 1 atom stereocenters. The number of aliphatic hydroxyl groups excluding tert-OH is 1. The third-order valence-corrected chi connectivity index (χ3v) is 3.00. The van der Waals surface area contributed by atoms with Crippen molar-refractivity contribution in [2.45, 2.75) is 12.7 Å². The van der Waals surface area contributed by atoms with Gasteiger partial charge in [-0.3, -0.25) is 4.79 Å². The molecule has 1 unspecified atom stereocenters. The van der Waals surface area contributed by atoms with Crippen LogP contribution in [0.4, 0.5) is 10.5 Å². The van der Waals surface area contributed by atoms with Gasteiger partial charge in [0.2, 0.25) is 0 Å². The number of alkyl carbamates (subject to hydrolysis) is 1. The lowest BCUT2D eigenvalue weighted by atomic mass is 10.2. The zero-order valence-corrected chi connectivity index (χ0v) is 12.4. The van der Waals surface area contributed by atoms with E-state index in [1.54, 1.807) is 24.3 Å². The molecule has 0 radical (unpaired) electrons. The molecule has 2 amide bonds. The number of amides is 2. The molecule has 0 bridgehead atoms. The largest absolute Gasteiger partial charge is 0.445 e. The average Bonchev–Trinajstić information content (AvgIpc) is 2.59. The van der Waals surface area contributed by atoms with Gasteiger partial charge in [0.15, 0.2) is 0 Å². The first-order chi connectivity index (χ1) is 11.1. The van der Waals surface area contributed by atoms with E-state index in [0.717, 1.165) is 5.56 Å². The van der Waals surface area contributed by atoms with E-state index in [9.17, 15) is 14.7 Å². The molecule has 6 heteroatoms. The van der Waals surface area contributed by atoms with Crippen molar-refractivity contribution in [3.63, 3.8) is 0 Å². The summed E-state index contributed by atoms with van der Waals surface area (Å²) in [5, 5.41) is 14.6. The summed E-state index contributed by atoms with van der Waals surface area (Å²) >= 11 is 0. The van der Waals surface area contributed by atoms with Gasteiger partial charge < -0.3 is 20.5 Å². The van der Waals surface area contributed by atoms with Crippen molar-refractivity contribution in [2.24, 2.45) is 0 Å². The molecule has 0 aliphatic heterocycles. The van der Waals surface area contributed by atoms with E-state index in [4.69, 9.17) is 4.74 Å². The van der Waals surface area contributed by atoms with E-state index in [-0.39, 0.29) is 13.2 Å². The van der Waals surface area contributed by atoms with Crippen LogP contribution in [0, 0.1) is 0 Å². The number of carbonyl (C=O) groups excluding carboxylic acids is 2. The highest BCUT2D eigenvalue weighted by atomic mass is 16.5. The monoisotopic (exact) mass is 314 g/mol. The Hall–Kier alpha value is -2.86. The molecule has 0 fully saturated rings. The van der Waals surface area contributed by atoms with E-state index < -0.39 is 18.1 Å². The minimum absolute atomic E-state index is 0.124. The van der Waals surface area contributed by atoms with Crippen LogP contribution in [0.25, 0.3) is 0 Å². The first kappa shape index (κ1) is 16.5. The maximum Gasteiger partial charge on any atom is 0.407 e. The molecule has 6 nitrogen and oxygen atoms in total. The molecule has 2 aromatic carbocycles. The van der Waals surface area contributed by atoms with Gasteiger partial charge in [-0.1, -0.05) is 48.5 Å². The summed E-state index contributed by atoms with van der Waals surface area (Å²) in [7, 11) is 0. The molecule has 0 saturated carbocycles. The first-order valence-electron chi connectivity index (χ1n) is 7.13. The summed E-state index contributed by atoms with van der Waals surface area (Å²) in [6, 6.07) is 18.0. The number of hydrogen-bond donors (Lipinski definition) is 3. The maximum absolute atomic E-state index is 11.8. The average molecular weight is 314 g/mol. The predicted molar refractivity (Wildman–Crippen MR) is 85.7 cm³/mol. The molecule has 0 aliphatic rings. The number of carbonyl (C=O) groups is 2. The van der Waals surface area contributed by atoms with Gasteiger partial charge in [0.05, 0.1) is 6.54 Å². The van der Waals surface area contributed by atoms with Crippen LogP contribution in [0.5, 0.6) is 0 Å². The predicted octanol–water partition coefficient (Wildman–Crippen LogP) is 1.91. The van der Waals surface area contributed by atoms with Crippen LogP contribution in [0.2, 0.25) is 0 Å². The molecule has 0 aromatic heterocycles. The summed E-state index contributed by atoms with van der Waals surface area (Å²) in [4.78, 5) is 23.3. The summed E-state index contributed by atoms with van der Waals surface area (Å²) in [5.74, 6) is -0.598. The summed E-state index contributed by atoms with van der Waals surface area (Å²) < 4.78 is 4.98. The smallest absolute Gasteiger partial charge is 0.407 e. The van der Waals surface area contributed by atoms with E-state index in [1.807, 2.05) is 36.4 Å². The molecule has 3 N–H and O–H groups in total. The highest BCUT2D eigenvalue weighted by molar-refractivity contribution is 5.94. The summed E-state index contributed by atoms with van der Waals surface area (Å²) in [5.41, 5.74) is 1.42. The number of ether oxygens (including phenoxy) is 1. The Morgan fingerprint density at radius 3 is 2.26 bits per heavy atom. The fourth-order valence-electron chi connectivity index (χ4n) is 1.79. The van der Waals surface area contributed by atoms with Crippen LogP contribution in [-0.4, -0.2) is 29.8 Å². The number of rotatable bonds is 6. The third kappa shape index (κ3) is 5.80. The zero-order valence-electron chi connectivity index (χ0n) is 12.4. The summed E-state index contributed by atoms with van der Waals surface area (Å²) in [6.07, 6.45) is -2.06. The molecule has 0 heterocycles. The van der Waals surface area contributed by atoms with Gasteiger partial charge in [-0.15, -0.1) is 0 Å². The van der Waals surface area contributed by atoms with Gasteiger partial charge in [0, 0.05) is 5.69 Å². The van der Waals surface area contributed by atoms with Gasteiger partial charge in [-0.25, -0.2) is 4.79 Å². The van der Waals surface area contributed by atoms with Crippen LogP contribution in [0.15, 0.2) is 60.7 Å². The Morgan fingerprint density at radius 2 is 1.61 bits per heavy atom. The van der Waals surface area contributed by atoms with Crippen LogP contribution < -0.4 is 10.6 Å². The Bertz CT molecular complexity index is 632. The second-order valence-corrected chi connectivity index (χ2v) is 4.81. The molecule has 0 aliphatic carbocycles. The minimum Gasteiger partial charge on any atom is -0.445 e. The van der Waals surface area contributed by atoms with Gasteiger partial charge >= 0.3 is 6.09 Å².